The Bertz CT molecular complexity index is 542. The zero-order chi connectivity index (χ0) is 15.8. The van der Waals surface area contributed by atoms with Crippen molar-refractivity contribution in [2.24, 2.45) is 11.8 Å². The second kappa shape index (κ2) is 5.51. The van der Waals surface area contributed by atoms with Gasteiger partial charge in [0.05, 0.1) is 17.9 Å². The number of rotatable bonds is 4. The minimum atomic E-state index is -0.877. The van der Waals surface area contributed by atoms with E-state index in [0.717, 1.165) is 5.56 Å². The third kappa shape index (κ3) is 3.63. The van der Waals surface area contributed by atoms with Crippen LogP contribution in [0.4, 0.5) is 0 Å². The lowest BCUT2D eigenvalue weighted by molar-refractivity contribution is -0.140. The van der Waals surface area contributed by atoms with Crippen molar-refractivity contribution in [3.8, 4) is 0 Å². The highest BCUT2D eigenvalue weighted by Gasteiger charge is 2.48. The SMILES string of the molecule is CC(NC(=O)C1CC1C(=O)O)c1ccc(C(C)(C)C)cc1. The van der Waals surface area contributed by atoms with E-state index in [-0.39, 0.29) is 23.3 Å². The zero-order valence-electron chi connectivity index (χ0n) is 13.0. The summed E-state index contributed by atoms with van der Waals surface area (Å²) in [5.41, 5.74) is 2.38. The van der Waals surface area contributed by atoms with Gasteiger partial charge >= 0.3 is 5.97 Å². The number of hydrogen-bond acceptors (Lipinski definition) is 2. The Kier molecular flexibility index (Phi) is 4.08. The summed E-state index contributed by atoms with van der Waals surface area (Å²) in [6.07, 6.45) is 0.455. The molecule has 0 radical (unpaired) electrons. The summed E-state index contributed by atoms with van der Waals surface area (Å²) in [5.74, 6) is -1.90. The van der Waals surface area contributed by atoms with Gasteiger partial charge in [-0.25, -0.2) is 0 Å². The zero-order valence-corrected chi connectivity index (χ0v) is 13.0. The molecule has 21 heavy (non-hydrogen) atoms. The molecule has 0 bridgehead atoms. The van der Waals surface area contributed by atoms with Gasteiger partial charge in [0.1, 0.15) is 0 Å². The molecule has 4 heteroatoms. The van der Waals surface area contributed by atoms with Crippen LogP contribution in [0.2, 0.25) is 0 Å². The van der Waals surface area contributed by atoms with Crippen LogP contribution in [-0.4, -0.2) is 17.0 Å². The number of hydrogen-bond donors (Lipinski definition) is 2. The number of carbonyl (C=O) groups is 2. The van der Waals surface area contributed by atoms with Crippen LogP contribution in [0, 0.1) is 11.8 Å². The van der Waals surface area contributed by atoms with Crippen LogP contribution in [0.25, 0.3) is 0 Å². The van der Waals surface area contributed by atoms with Crippen molar-refractivity contribution < 1.29 is 14.7 Å². The average Bonchev–Trinajstić information content (AvgIpc) is 3.18. The minimum absolute atomic E-state index is 0.105. The van der Waals surface area contributed by atoms with Crippen LogP contribution in [0.15, 0.2) is 24.3 Å². The second-order valence-corrected chi connectivity index (χ2v) is 6.89. The topological polar surface area (TPSA) is 66.4 Å². The fraction of sp³-hybridized carbons (Fsp3) is 0.529. The van der Waals surface area contributed by atoms with Gasteiger partial charge in [0.2, 0.25) is 5.91 Å². The van der Waals surface area contributed by atoms with Gasteiger partial charge in [0.15, 0.2) is 0 Å². The molecule has 1 aromatic carbocycles. The maximum atomic E-state index is 12.0. The fourth-order valence-corrected chi connectivity index (χ4v) is 2.43. The van der Waals surface area contributed by atoms with E-state index in [2.05, 4.69) is 38.2 Å². The number of carboxylic acid groups (broad SMARTS) is 1. The number of benzene rings is 1. The van der Waals surface area contributed by atoms with Crippen LogP contribution >= 0.6 is 0 Å². The molecule has 2 rings (SSSR count). The Labute approximate surface area is 125 Å². The standard InChI is InChI=1S/C17H23NO3/c1-10(18-15(19)13-9-14(13)16(20)21)11-5-7-12(8-6-11)17(2,3)4/h5-8,10,13-14H,9H2,1-4H3,(H,18,19)(H,20,21). The molecule has 3 atom stereocenters. The Balaban J connectivity index is 1.96. The molecule has 0 spiro atoms. The van der Waals surface area contributed by atoms with Crippen LogP contribution in [0.1, 0.15) is 51.3 Å². The quantitative estimate of drug-likeness (QED) is 0.895. The van der Waals surface area contributed by atoms with E-state index in [0.29, 0.717) is 6.42 Å². The van der Waals surface area contributed by atoms with Crippen molar-refractivity contribution in [2.45, 2.75) is 45.6 Å². The van der Waals surface area contributed by atoms with Crippen LogP contribution < -0.4 is 5.32 Å². The lowest BCUT2D eigenvalue weighted by Gasteiger charge is -2.20. The maximum Gasteiger partial charge on any atom is 0.307 e. The van der Waals surface area contributed by atoms with Gasteiger partial charge in [-0.2, -0.15) is 0 Å². The molecular formula is C17H23NO3. The number of nitrogens with one attached hydrogen (secondary N) is 1. The maximum absolute atomic E-state index is 12.0. The summed E-state index contributed by atoms with van der Waals surface area (Å²) >= 11 is 0. The average molecular weight is 289 g/mol. The number of aliphatic carboxylic acids is 1. The molecule has 0 saturated heterocycles. The van der Waals surface area contributed by atoms with Gasteiger partial charge in [-0.3, -0.25) is 9.59 Å². The Hall–Kier alpha value is -1.84. The minimum Gasteiger partial charge on any atom is -0.481 e. The molecule has 2 N–H and O–H groups in total. The molecule has 1 aliphatic rings. The lowest BCUT2D eigenvalue weighted by Crippen LogP contribution is -2.29. The first-order valence-corrected chi connectivity index (χ1v) is 7.34. The monoisotopic (exact) mass is 289 g/mol. The summed E-state index contributed by atoms with van der Waals surface area (Å²) in [7, 11) is 0. The van der Waals surface area contributed by atoms with E-state index in [9.17, 15) is 9.59 Å². The predicted molar refractivity (Wildman–Crippen MR) is 80.9 cm³/mol. The number of carboxylic acids is 1. The molecule has 1 aromatic rings. The smallest absolute Gasteiger partial charge is 0.307 e. The van der Waals surface area contributed by atoms with Gasteiger partial charge in [0.25, 0.3) is 0 Å². The largest absolute Gasteiger partial charge is 0.481 e. The third-order valence-electron chi connectivity index (χ3n) is 4.08. The first-order valence-electron chi connectivity index (χ1n) is 7.34. The summed E-state index contributed by atoms with van der Waals surface area (Å²) < 4.78 is 0. The van der Waals surface area contributed by atoms with Crippen molar-refractivity contribution in [1.29, 1.82) is 0 Å². The van der Waals surface area contributed by atoms with Crippen LogP contribution in [-0.2, 0) is 15.0 Å². The molecular weight excluding hydrogens is 266 g/mol. The first-order chi connectivity index (χ1) is 9.70. The summed E-state index contributed by atoms with van der Waals surface area (Å²) in [6, 6.07) is 8.09. The second-order valence-electron chi connectivity index (χ2n) is 6.89. The van der Waals surface area contributed by atoms with Gasteiger partial charge < -0.3 is 10.4 Å². The van der Waals surface area contributed by atoms with Crippen molar-refractivity contribution in [2.75, 3.05) is 0 Å². The molecule has 1 saturated carbocycles. The first kappa shape index (κ1) is 15.5. The van der Waals surface area contributed by atoms with Crippen molar-refractivity contribution in [3.63, 3.8) is 0 Å². The molecule has 1 amide bonds. The Morgan fingerprint density at radius 1 is 1.19 bits per heavy atom. The van der Waals surface area contributed by atoms with Gasteiger partial charge in [-0.1, -0.05) is 45.0 Å². The number of amides is 1. The van der Waals surface area contributed by atoms with E-state index >= 15 is 0 Å². The molecule has 1 aliphatic carbocycles. The molecule has 0 aliphatic heterocycles. The molecule has 0 aromatic heterocycles. The normalized spacial score (nSPS) is 22.5. The highest BCUT2D eigenvalue weighted by Crippen LogP contribution is 2.39. The Morgan fingerprint density at radius 2 is 1.76 bits per heavy atom. The third-order valence-corrected chi connectivity index (χ3v) is 4.08. The predicted octanol–water partition coefficient (Wildman–Crippen LogP) is 2.88. The molecule has 1 fully saturated rings. The summed E-state index contributed by atoms with van der Waals surface area (Å²) in [5, 5.41) is 11.7. The highest BCUT2D eigenvalue weighted by molar-refractivity contribution is 5.89. The molecule has 114 valence electrons. The molecule has 4 nitrogen and oxygen atoms in total. The van der Waals surface area contributed by atoms with Crippen molar-refractivity contribution in [1.82, 2.24) is 5.32 Å². The van der Waals surface area contributed by atoms with Gasteiger partial charge in [-0.05, 0) is 29.9 Å². The van der Waals surface area contributed by atoms with Crippen molar-refractivity contribution in [3.05, 3.63) is 35.4 Å². The van der Waals surface area contributed by atoms with Gasteiger partial charge in [0, 0.05) is 0 Å². The van der Waals surface area contributed by atoms with E-state index in [1.54, 1.807) is 0 Å². The van der Waals surface area contributed by atoms with E-state index in [4.69, 9.17) is 5.11 Å². The van der Waals surface area contributed by atoms with Crippen LogP contribution in [0.5, 0.6) is 0 Å². The highest BCUT2D eigenvalue weighted by atomic mass is 16.4. The fourth-order valence-electron chi connectivity index (χ4n) is 2.43. The van der Waals surface area contributed by atoms with E-state index < -0.39 is 11.9 Å². The summed E-state index contributed by atoms with van der Waals surface area (Å²) in [6.45, 7) is 8.40. The molecule has 3 unspecified atom stereocenters. The van der Waals surface area contributed by atoms with Crippen molar-refractivity contribution >= 4 is 11.9 Å². The summed E-state index contributed by atoms with van der Waals surface area (Å²) in [4.78, 5) is 22.7. The lowest BCUT2D eigenvalue weighted by atomic mass is 9.86. The Morgan fingerprint density at radius 3 is 2.19 bits per heavy atom. The van der Waals surface area contributed by atoms with Gasteiger partial charge in [-0.15, -0.1) is 0 Å². The molecule has 0 heterocycles. The van der Waals surface area contributed by atoms with E-state index in [1.165, 1.54) is 5.56 Å². The van der Waals surface area contributed by atoms with Crippen LogP contribution in [0.3, 0.4) is 0 Å². The van der Waals surface area contributed by atoms with E-state index in [1.807, 2.05) is 19.1 Å². The number of carbonyl (C=O) groups excluding carboxylic acids is 1.